The Kier molecular flexibility index (Phi) is 2.29. The van der Waals surface area contributed by atoms with Crippen molar-refractivity contribution in [2.24, 2.45) is 0 Å². The molecule has 1 unspecified atom stereocenters. The molecule has 0 aliphatic carbocycles. The summed E-state index contributed by atoms with van der Waals surface area (Å²) in [5, 5.41) is 12.9. The Hall–Kier alpha value is -1.55. The number of imidazole rings is 1. The summed E-state index contributed by atoms with van der Waals surface area (Å²) in [6.45, 7) is 2.04. The van der Waals surface area contributed by atoms with Gasteiger partial charge in [-0.1, -0.05) is 0 Å². The average Bonchev–Trinajstić information content (AvgIpc) is 2.90. The Labute approximate surface area is 93.9 Å². The molecule has 1 aromatic carbocycles. The van der Waals surface area contributed by atoms with Gasteiger partial charge in [-0.05, 0) is 31.5 Å². The number of hydrogen-bond acceptors (Lipinski definition) is 3. The molecule has 84 valence electrons. The second-order valence-corrected chi connectivity index (χ2v) is 4.36. The number of aromatic nitrogens is 2. The van der Waals surface area contributed by atoms with E-state index in [1.165, 1.54) is 12.8 Å². The lowest BCUT2D eigenvalue weighted by molar-refractivity contribution is 0.475. The van der Waals surface area contributed by atoms with Crippen molar-refractivity contribution in [3.05, 3.63) is 24.5 Å². The third kappa shape index (κ3) is 1.65. The topological polar surface area (TPSA) is 50.1 Å². The molecule has 0 radical (unpaired) electrons. The second kappa shape index (κ2) is 3.79. The highest BCUT2D eigenvalue weighted by molar-refractivity contribution is 5.76. The zero-order valence-corrected chi connectivity index (χ0v) is 9.06. The van der Waals surface area contributed by atoms with Gasteiger partial charge in [0.2, 0.25) is 0 Å². The maximum absolute atomic E-state index is 9.48. The van der Waals surface area contributed by atoms with Crippen LogP contribution in [0.15, 0.2) is 24.5 Å². The van der Waals surface area contributed by atoms with E-state index in [0.717, 1.165) is 24.1 Å². The van der Waals surface area contributed by atoms with E-state index in [2.05, 4.69) is 14.9 Å². The minimum atomic E-state index is 0.300. The summed E-state index contributed by atoms with van der Waals surface area (Å²) in [6.07, 6.45) is 4.32. The summed E-state index contributed by atoms with van der Waals surface area (Å²) < 4.78 is 2.11. The lowest BCUT2D eigenvalue weighted by Crippen LogP contribution is -2.26. The Morgan fingerprint density at radius 2 is 2.44 bits per heavy atom. The fraction of sp³-hybridized carbons (Fsp3) is 0.417. The first-order valence-electron chi connectivity index (χ1n) is 5.70. The normalized spacial score (nSPS) is 20.6. The van der Waals surface area contributed by atoms with Crippen molar-refractivity contribution >= 4 is 11.0 Å². The van der Waals surface area contributed by atoms with Gasteiger partial charge in [0.1, 0.15) is 5.75 Å². The number of aromatic hydroxyl groups is 1. The Balaban J connectivity index is 1.93. The molecular weight excluding hydrogens is 202 g/mol. The molecule has 2 heterocycles. The number of phenolic OH excluding ortho intramolecular Hbond substituents is 1. The van der Waals surface area contributed by atoms with Crippen molar-refractivity contribution in [2.75, 3.05) is 6.54 Å². The fourth-order valence-corrected chi connectivity index (χ4v) is 2.34. The average molecular weight is 217 g/mol. The van der Waals surface area contributed by atoms with E-state index in [1.807, 2.05) is 12.4 Å². The first-order valence-corrected chi connectivity index (χ1v) is 5.70. The van der Waals surface area contributed by atoms with E-state index in [1.54, 1.807) is 12.1 Å². The summed E-state index contributed by atoms with van der Waals surface area (Å²) in [7, 11) is 0. The predicted molar refractivity (Wildman–Crippen MR) is 62.4 cm³/mol. The zero-order valence-electron chi connectivity index (χ0n) is 9.06. The Morgan fingerprint density at radius 3 is 3.25 bits per heavy atom. The fourth-order valence-electron chi connectivity index (χ4n) is 2.34. The molecule has 0 amide bonds. The third-order valence-corrected chi connectivity index (χ3v) is 3.18. The van der Waals surface area contributed by atoms with Gasteiger partial charge in [-0.3, -0.25) is 0 Å². The van der Waals surface area contributed by atoms with E-state index in [4.69, 9.17) is 0 Å². The van der Waals surface area contributed by atoms with Crippen LogP contribution in [0.25, 0.3) is 11.0 Å². The maximum atomic E-state index is 9.48. The standard InChI is InChI=1S/C12H15N3O/c16-10-3-4-11-12(6-10)15(8-14-11)7-9-2-1-5-13-9/h3-4,6,8-9,13,16H,1-2,5,7H2. The number of nitrogens with zero attached hydrogens (tertiary/aromatic N) is 2. The van der Waals surface area contributed by atoms with Gasteiger partial charge in [-0.2, -0.15) is 0 Å². The van der Waals surface area contributed by atoms with Crippen LogP contribution in [-0.4, -0.2) is 27.2 Å². The summed E-state index contributed by atoms with van der Waals surface area (Å²) in [6, 6.07) is 5.84. The van der Waals surface area contributed by atoms with Crippen LogP contribution in [0, 0.1) is 0 Å². The lowest BCUT2D eigenvalue weighted by atomic mass is 10.2. The van der Waals surface area contributed by atoms with E-state index in [9.17, 15) is 5.11 Å². The third-order valence-electron chi connectivity index (χ3n) is 3.18. The van der Waals surface area contributed by atoms with Gasteiger partial charge < -0.3 is 15.0 Å². The molecule has 1 fully saturated rings. The van der Waals surface area contributed by atoms with E-state index < -0.39 is 0 Å². The molecule has 0 bridgehead atoms. The van der Waals surface area contributed by atoms with Crippen LogP contribution in [0.5, 0.6) is 5.75 Å². The second-order valence-electron chi connectivity index (χ2n) is 4.36. The van der Waals surface area contributed by atoms with Crippen molar-refractivity contribution in [3.8, 4) is 5.75 Å². The van der Waals surface area contributed by atoms with Gasteiger partial charge in [0.15, 0.2) is 0 Å². The van der Waals surface area contributed by atoms with Crippen molar-refractivity contribution in [1.82, 2.24) is 14.9 Å². The van der Waals surface area contributed by atoms with Crippen LogP contribution in [-0.2, 0) is 6.54 Å². The Morgan fingerprint density at radius 1 is 1.50 bits per heavy atom. The molecule has 1 saturated heterocycles. The molecule has 16 heavy (non-hydrogen) atoms. The molecule has 1 atom stereocenters. The first kappa shape index (κ1) is 9.66. The number of nitrogens with one attached hydrogen (secondary N) is 1. The zero-order chi connectivity index (χ0) is 11.0. The van der Waals surface area contributed by atoms with Crippen molar-refractivity contribution in [1.29, 1.82) is 0 Å². The van der Waals surface area contributed by atoms with Crippen LogP contribution in [0.2, 0.25) is 0 Å². The molecule has 2 N–H and O–H groups in total. The highest BCUT2D eigenvalue weighted by atomic mass is 16.3. The Bertz CT molecular complexity index is 500. The summed E-state index contributed by atoms with van der Waals surface area (Å²) in [5.74, 6) is 0.300. The lowest BCUT2D eigenvalue weighted by Gasteiger charge is -2.11. The number of phenols is 1. The molecule has 4 nitrogen and oxygen atoms in total. The molecule has 0 saturated carbocycles. The molecule has 1 aliphatic heterocycles. The molecule has 1 aliphatic rings. The van der Waals surface area contributed by atoms with Gasteiger partial charge in [0.25, 0.3) is 0 Å². The maximum Gasteiger partial charge on any atom is 0.117 e. The predicted octanol–water partition coefficient (Wildman–Crippen LogP) is 1.49. The van der Waals surface area contributed by atoms with Crippen molar-refractivity contribution in [3.63, 3.8) is 0 Å². The number of rotatable bonds is 2. The molecular formula is C12H15N3O. The SMILES string of the molecule is Oc1ccc2ncn(CC3CCCN3)c2c1. The minimum Gasteiger partial charge on any atom is -0.508 e. The largest absolute Gasteiger partial charge is 0.508 e. The van der Waals surface area contributed by atoms with Crippen molar-refractivity contribution < 1.29 is 5.11 Å². The van der Waals surface area contributed by atoms with Crippen LogP contribution in [0.4, 0.5) is 0 Å². The highest BCUT2D eigenvalue weighted by Gasteiger charge is 2.15. The molecule has 4 heteroatoms. The monoisotopic (exact) mass is 217 g/mol. The van der Waals surface area contributed by atoms with E-state index >= 15 is 0 Å². The molecule has 2 aromatic rings. The molecule has 1 aromatic heterocycles. The van der Waals surface area contributed by atoms with Gasteiger partial charge in [-0.15, -0.1) is 0 Å². The number of hydrogen-bond donors (Lipinski definition) is 2. The highest BCUT2D eigenvalue weighted by Crippen LogP contribution is 2.20. The van der Waals surface area contributed by atoms with Crippen LogP contribution < -0.4 is 5.32 Å². The van der Waals surface area contributed by atoms with E-state index in [0.29, 0.717) is 11.8 Å². The summed E-state index contributed by atoms with van der Waals surface area (Å²) >= 11 is 0. The summed E-state index contributed by atoms with van der Waals surface area (Å²) in [4.78, 5) is 4.33. The van der Waals surface area contributed by atoms with Crippen molar-refractivity contribution in [2.45, 2.75) is 25.4 Å². The van der Waals surface area contributed by atoms with Gasteiger partial charge in [-0.25, -0.2) is 4.98 Å². The van der Waals surface area contributed by atoms with Crippen LogP contribution >= 0.6 is 0 Å². The molecule has 3 rings (SSSR count). The van der Waals surface area contributed by atoms with Gasteiger partial charge >= 0.3 is 0 Å². The van der Waals surface area contributed by atoms with Crippen LogP contribution in [0.1, 0.15) is 12.8 Å². The molecule has 0 spiro atoms. The van der Waals surface area contributed by atoms with Crippen LogP contribution in [0.3, 0.4) is 0 Å². The minimum absolute atomic E-state index is 0.300. The quantitative estimate of drug-likeness (QED) is 0.801. The van der Waals surface area contributed by atoms with E-state index in [-0.39, 0.29) is 0 Å². The first-order chi connectivity index (χ1) is 7.83. The number of fused-ring (bicyclic) bond motifs is 1. The number of benzene rings is 1. The summed E-state index contributed by atoms with van der Waals surface area (Å²) in [5.41, 5.74) is 1.95. The van der Waals surface area contributed by atoms with Gasteiger partial charge in [0.05, 0.1) is 17.4 Å². The smallest absolute Gasteiger partial charge is 0.117 e. The van der Waals surface area contributed by atoms with Gasteiger partial charge in [0, 0.05) is 18.7 Å².